The molecule has 2 aromatic rings. The van der Waals surface area contributed by atoms with Crippen LogP contribution in [0.15, 0.2) is 0 Å². The maximum Gasteiger partial charge on any atom is 0.134 e. The maximum absolute atomic E-state index is 4.69. The summed E-state index contributed by atoms with van der Waals surface area (Å²) in [4.78, 5) is 2.70. The van der Waals surface area contributed by atoms with Crippen molar-refractivity contribution >= 4 is 0 Å². The van der Waals surface area contributed by atoms with Crippen LogP contribution in [0.1, 0.15) is 48.4 Å². The summed E-state index contributed by atoms with van der Waals surface area (Å²) in [5, 5.41) is 13.4. The summed E-state index contributed by atoms with van der Waals surface area (Å²) in [6, 6.07) is 1.19. The Morgan fingerprint density at radius 2 is 1.87 bits per heavy atom. The van der Waals surface area contributed by atoms with Crippen molar-refractivity contribution in [3.8, 4) is 0 Å². The molecule has 2 unspecified atom stereocenters. The van der Waals surface area contributed by atoms with Crippen molar-refractivity contribution in [2.75, 3.05) is 0 Å². The molecule has 0 saturated carbocycles. The highest BCUT2D eigenvalue weighted by Gasteiger charge is 2.38. The number of hydrogen-bond acceptors (Lipinski definition) is 4. The standard InChI is InChI=1S/C17H26N6/c1-5-23-12(3)16(11(2)20-23)10-22-14-6-7-15(22)9-21-13(4)18-19-17(21)8-14/h14-15H,5-10H2,1-4H3. The summed E-state index contributed by atoms with van der Waals surface area (Å²) < 4.78 is 4.45. The molecule has 4 rings (SSSR count). The highest BCUT2D eigenvalue weighted by Crippen LogP contribution is 2.33. The van der Waals surface area contributed by atoms with Crippen LogP contribution in [0.5, 0.6) is 0 Å². The minimum Gasteiger partial charge on any atom is -0.314 e. The molecule has 124 valence electrons. The molecule has 4 heterocycles. The fourth-order valence-electron chi connectivity index (χ4n) is 4.38. The van der Waals surface area contributed by atoms with Crippen LogP contribution in [0.25, 0.3) is 0 Å². The van der Waals surface area contributed by atoms with Crippen molar-refractivity contribution < 1.29 is 0 Å². The second-order valence-electron chi connectivity index (χ2n) is 7.00. The number of nitrogens with zero attached hydrogens (tertiary/aromatic N) is 6. The molecular formula is C17H26N6. The monoisotopic (exact) mass is 314 g/mol. The zero-order valence-electron chi connectivity index (χ0n) is 14.6. The van der Waals surface area contributed by atoms with E-state index in [9.17, 15) is 0 Å². The summed E-state index contributed by atoms with van der Waals surface area (Å²) in [6.45, 7) is 11.6. The lowest BCUT2D eigenvalue weighted by molar-refractivity contribution is 0.179. The van der Waals surface area contributed by atoms with E-state index >= 15 is 0 Å². The molecule has 2 aliphatic heterocycles. The number of rotatable bonds is 3. The molecule has 2 aliphatic rings. The first kappa shape index (κ1) is 14.9. The van der Waals surface area contributed by atoms with Gasteiger partial charge in [-0.05, 0) is 40.5 Å². The van der Waals surface area contributed by atoms with E-state index in [-0.39, 0.29) is 0 Å². The second kappa shape index (κ2) is 5.44. The van der Waals surface area contributed by atoms with Crippen molar-refractivity contribution in [3.05, 3.63) is 28.6 Å². The number of aromatic nitrogens is 5. The first-order valence-electron chi connectivity index (χ1n) is 8.75. The first-order valence-corrected chi connectivity index (χ1v) is 8.75. The average molecular weight is 314 g/mol. The van der Waals surface area contributed by atoms with Crippen molar-refractivity contribution in [1.82, 2.24) is 29.4 Å². The minimum absolute atomic E-state index is 0.591. The Kier molecular flexibility index (Phi) is 3.52. The molecule has 0 aromatic carbocycles. The topological polar surface area (TPSA) is 51.8 Å². The fourth-order valence-corrected chi connectivity index (χ4v) is 4.38. The number of fused-ring (bicyclic) bond motifs is 3. The van der Waals surface area contributed by atoms with Gasteiger partial charge in [-0.1, -0.05) is 0 Å². The minimum atomic E-state index is 0.591. The highest BCUT2D eigenvalue weighted by molar-refractivity contribution is 5.25. The zero-order valence-corrected chi connectivity index (χ0v) is 14.6. The molecule has 2 atom stereocenters. The van der Waals surface area contributed by atoms with E-state index in [1.807, 2.05) is 0 Å². The van der Waals surface area contributed by atoms with Gasteiger partial charge in [-0.3, -0.25) is 9.58 Å². The molecule has 2 aromatic heterocycles. The van der Waals surface area contributed by atoms with Crippen LogP contribution in [-0.4, -0.2) is 41.5 Å². The zero-order chi connectivity index (χ0) is 16.1. The predicted molar refractivity (Wildman–Crippen MR) is 88.2 cm³/mol. The van der Waals surface area contributed by atoms with Crippen LogP contribution in [0.3, 0.4) is 0 Å². The molecule has 0 N–H and O–H groups in total. The van der Waals surface area contributed by atoms with Crippen LogP contribution < -0.4 is 0 Å². The van der Waals surface area contributed by atoms with Gasteiger partial charge in [0.05, 0.1) is 5.69 Å². The summed E-state index contributed by atoms with van der Waals surface area (Å²) in [5.41, 5.74) is 3.92. The fraction of sp³-hybridized carbons (Fsp3) is 0.706. The Morgan fingerprint density at radius 3 is 2.61 bits per heavy atom. The van der Waals surface area contributed by atoms with Crippen LogP contribution in [0.2, 0.25) is 0 Å². The quantitative estimate of drug-likeness (QED) is 0.869. The van der Waals surface area contributed by atoms with Gasteiger partial charge in [0.25, 0.3) is 0 Å². The number of hydrogen-bond donors (Lipinski definition) is 0. The largest absolute Gasteiger partial charge is 0.314 e. The molecule has 23 heavy (non-hydrogen) atoms. The van der Waals surface area contributed by atoms with Gasteiger partial charge in [-0.25, -0.2) is 0 Å². The van der Waals surface area contributed by atoms with Crippen molar-refractivity contribution in [2.24, 2.45) is 0 Å². The van der Waals surface area contributed by atoms with Crippen LogP contribution >= 0.6 is 0 Å². The Balaban J connectivity index is 1.63. The smallest absolute Gasteiger partial charge is 0.134 e. The molecule has 0 radical (unpaired) electrons. The molecular weight excluding hydrogens is 288 g/mol. The summed E-state index contributed by atoms with van der Waals surface area (Å²) in [6.07, 6.45) is 3.58. The van der Waals surface area contributed by atoms with Crippen molar-refractivity contribution in [1.29, 1.82) is 0 Å². The van der Waals surface area contributed by atoms with Crippen molar-refractivity contribution in [2.45, 2.75) is 78.7 Å². The van der Waals surface area contributed by atoms with E-state index in [0.717, 1.165) is 37.7 Å². The Hall–Kier alpha value is -1.69. The van der Waals surface area contributed by atoms with Gasteiger partial charge < -0.3 is 4.57 Å². The van der Waals surface area contributed by atoms with E-state index in [1.54, 1.807) is 0 Å². The van der Waals surface area contributed by atoms with Gasteiger partial charge >= 0.3 is 0 Å². The van der Waals surface area contributed by atoms with E-state index < -0.39 is 0 Å². The summed E-state index contributed by atoms with van der Waals surface area (Å²) >= 11 is 0. The van der Waals surface area contributed by atoms with Gasteiger partial charge in [0.2, 0.25) is 0 Å². The first-order chi connectivity index (χ1) is 11.1. The Labute approximate surface area is 137 Å². The Bertz CT molecular complexity index is 728. The molecule has 0 aliphatic carbocycles. The predicted octanol–water partition coefficient (Wildman–Crippen LogP) is 2.01. The van der Waals surface area contributed by atoms with Gasteiger partial charge in [0, 0.05) is 49.4 Å². The van der Waals surface area contributed by atoms with Crippen LogP contribution in [-0.2, 0) is 26.1 Å². The van der Waals surface area contributed by atoms with E-state index in [4.69, 9.17) is 5.10 Å². The summed E-state index contributed by atoms with van der Waals surface area (Å²) in [5.74, 6) is 2.22. The van der Waals surface area contributed by atoms with Gasteiger partial charge in [0.15, 0.2) is 0 Å². The second-order valence-corrected chi connectivity index (χ2v) is 7.00. The van der Waals surface area contributed by atoms with Gasteiger partial charge in [0.1, 0.15) is 11.6 Å². The SMILES string of the molecule is CCn1nc(C)c(CN2C3CCC2Cn2c(C)nnc2C3)c1C. The molecule has 2 bridgehead atoms. The molecule has 6 heteroatoms. The van der Waals surface area contributed by atoms with Crippen molar-refractivity contribution in [3.63, 3.8) is 0 Å². The molecule has 6 nitrogen and oxygen atoms in total. The number of aryl methyl sites for hydroxylation is 3. The normalized spacial score (nSPS) is 24.0. The Morgan fingerprint density at radius 1 is 1.09 bits per heavy atom. The molecule has 1 saturated heterocycles. The third-order valence-electron chi connectivity index (χ3n) is 5.77. The van der Waals surface area contributed by atoms with Gasteiger partial charge in [-0.15, -0.1) is 10.2 Å². The molecule has 1 fully saturated rings. The third kappa shape index (κ3) is 2.31. The highest BCUT2D eigenvalue weighted by atomic mass is 15.3. The third-order valence-corrected chi connectivity index (χ3v) is 5.77. The molecule has 0 spiro atoms. The lowest BCUT2D eigenvalue weighted by atomic mass is 10.1. The van der Waals surface area contributed by atoms with E-state index in [2.05, 4.69) is 52.0 Å². The average Bonchev–Trinajstić information content (AvgIpc) is 3.09. The van der Waals surface area contributed by atoms with Crippen LogP contribution in [0.4, 0.5) is 0 Å². The summed E-state index contributed by atoms with van der Waals surface area (Å²) in [7, 11) is 0. The maximum atomic E-state index is 4.69. The van der Waals surface area contributed by atoms with E-state index in [0.29, 0.717) is 12.1 Å². The lowest BCUT2D eigenvalue weighted by Crippen LogP contribution is -2.36. The van der Waals surface area contributed by atoms with Crippen LogP contribution in [0, 0.1) is 20.8 Å². The van der Waals surface area contributed by atoms with E-state index in [1.165, 1.54) is 29.8 Å². The molecule has 0 amide bonds. The lowest BCUT2D eigenvalue weighted by Gasteiger charge is -2.27. The van der Waals surface area contributed by atoms with Gasteiger partial charge in [-0.2, -0.15) is 5.10 Å².